The highest BCUT2D eigenvalue weighted by molar-refractivity contribution is 6.12. The Labute approximate surface area is 257 Å². The summed E-state index contributed by atoms with van der Waals surface area (Å²) in [4.78, 5) is 40.3. The number of anilines is 2. The van der Waals surface area contributed by atoms with Gasteiger partial charge in [-0.3, -0.25) is 9.59 Å². The Morgan fingerprint density at radius 3 is 2.25 bits per heavy atom. The van der Waals surface area contributed by atoms with Crippen LogP contribution < -0.4 is 19.7 Å². The van der Waals surface area contributed by atoms with Gasteiger partial charge in [0, 0.05) is 29.2 Å². The molecule has 4 aromatic rings. The number of aliphatic carboxylic acids is 1. The van der Waals surface area contributed by atoms with Crippen molar-refractivity contribution in [1.29, 1.82) is 0 Å². The molecule has 8 heteroatoms. The molecular formula is C36H36N2O6. The van der Waals surface area contributed by atoms with Crippen LogP contribution in [0.1, 0.15) is 40.7 Å². The molecule has 0 aliphatic heterocycles. The first-order chi connectivity index (χ1) is 21.4. The number of nitrogens with zero attached hydrogens (tertiary/aromatic N) is 1. The van der Waals surface area contributed by atoms with Gasteiger partial charge in [0.25, 0.3) is 0 Å². The number of carbonyl (C=O) groups is 3. The predicted octanol–water partition coefficient (Wildman–Crippen LogP) is 6.25. The maximum Gasteiger partial charge on any atom is 0.326 e. The second kappa shape index (κ2) is 14.4. The van der Waals surface area contributed by atoms with E-state index in [9.17, 15) is 19.5 Å². The number of para-hydroxylation sites is 3. The molecule has 1 aliphatic rings. The fraction of sp³-hybridized carbons (Fsp3) is 0.250. The van der Waals surface area contributed by atoms with E-state index in [1.807, 2.05) is 42.5 Å². The van der Waals surface area contributed by atoms with Crippen LogP contribution in [0, 0.1) is 5.92 Å². The molecule has 0 radical (unpaired) electrons. The summed E-state index contributed by atoms with van der Waals surface area (Å²) in [6.45, 7) is 0.644. The van der Waals surface area contributed by atoms with Crippen molar-refractivity contribution in [2.75, 3.05) is 30.5 Å². The second-order valence-corrected chi connectivity index (χ2v) is 10.8. The van der Waals surface area contributed by atoms with Crippen molar-refractivity contribution in [3.63, 3.8) is 0 Å². The molecule has 0 bridgehead atoms. The molecule has 0 spiro atoms. The molecule has 44 heavy (non-hydrogen) atoms. The lowest BCUT2D eigenvalue weighted by molar-refractivity contribution is -0.137. The molecule has 2 N–H and O–H groups in total. The number of hydrogen-bond donors (Lipinski definition) is 2. The molecule has 1 amide bonds. The van der Waals surface area contributed by atoms with Gasteiger partial charge < -0.3 is 24.8 Å². The third-order valence-electron chi connectivity index (χ3n) is 7.88. The summed E-state index contributed by atoms with van der Waals surface area (Å²) < 4.78 is 11.5. The van der Waals surface area contributed by atoms with Crippen molar-refractivity contribution in [2.24, 2.45) is 5.92 Å². The van der Waals surface area contributed by atoms with Crippen molar-refractivity contribution >= 4 is 29.0 Å². The number of benzene rings is 4. The second-order valence-electron chi connectivity index (χ2n) is 10.8. The van der Waals surface area contributed by atoms with Gasteiger partial charge in [-0.15, -0.1) is 0 Å². The first-order valence-corrected chi connectivity index (χ1v) is 14.8. The van der Waals surface area contributed by atoms with Crippen LogP contribution in [0.4, 0.5) is 11.4 Å². The molecular weight excluding hydrogens is 556 g/mol. The summed E-state index contributed by atoms with van der Waals surface area (Å²) in [5.74, 6) is 0.150. The van der Waals surface area contributed by atoms with Crippen LogP contribution in [0.5, 0.6) is 11.5 Å². The molecule has 1 atom stereocenters. The van der Waals surface area contributed by atoms with E-state index in [2.05, 4.69) is 5.32 Å². The Hall–Kier alpha value is -5.11. The molecule has 0 saturated heterocycles. The number of hydrogen-bond acceptors (Lipinski definition) is 6. The minimum atomic E-state index is -1.03. The van der Waals surface area contributed by atoms with Crippen LogP contribution in [-0.2, 0) is 16.0 Å². The summed E-state index contributed by atoms with van der Waals surface area (Å²) in [5.41, 5.74) is 2.92. The number of carbonyl (C=O) groups excluding carboxylic acids is 2. The molecule has 1 aliphatic carbocycles. The minimum Gasteiger partial charge on any atom is -0.495 e. The van der Waals surface area contributed by atoms with Gasteiger partial charge in [0.15, 0.2) is 5.78 Å². The van der Waals surface area contributed by atoms with Crippen molar-refractivity contribution in [3.8, 4) is 11.5 Å². The van der Waals surface area contributed by atoms with Gasteiger partial charge in [-0.2, -0.15) is 0 Å². The molecule has 0 aromatic heterocycles. The minimum absolute atomic E-state index is 0.0263. The van der Waals surface area contributed by atoms with Gasteiger partial charge in [-0.05, 0) is 54.8 Å². The average molecular weight is 593 g/mol. The van der Waals surface area contributed by atoms with Crippen molar-refractivity contribution in [2.45, 2.75) is 31.7 Å². The largest absolute Gasteiger partial charge is 0.495 e. The van der Waals surface area contributed by atoms with Crippen LogP contribution in [-0.4, -0.2) is 49.1 Å². The maximum atomic E-state index is 13.2. The van der Waals surface area contributed by atoms with E-state index >= 15 is 0 Å². The first kappa shape index (κ1) is 30.4. The van der Waals surface area contributed by atoms with Gasteiger partial charge in [0.05, 0.1) is 19.3 Å². The van der Waals surface area contributed by atoms with Gasteiger partial charge in [0.2, 0.25) is 5.91 Å². The van der Waals surface area contributed by atoms with E-state index in [1.165, 1.54) is 0 Å². The highest BCUT2D eigenvalue weighted by Crippen LogP contribution is 2.34. The molecule has 0 unspecified atom stereocenters. The van der Waals surface area contributed by atoms with E-state index in [-0.39, 0.29) is 30.6 Å². The van der Waals surface area contributed by atoms with E-state index < -0.39 is 12.0 Å². The quantitative estimate of drug-likeness (QED) is 0.167. The predicted molar refractivity (Wildman–Crippen MR) is 170 cm³/mol. The number of rotatable bonds is 14. The van der Waals surface area contributed by atoms with Crippen LogP contribution >= 0.6 is 0 Å². The summed E-state index contributed by atoms with van der Waals surface area (Å²) in [5, 5.41) is 13.1. The smallest absolute Gasteiger partial charge is 0.326 e. The van der Waals surface area contributed by atoms with Gasteiger partial charge in [-0.1, -0.05) is 73.2 Å². The number of amides is 1. The molecule has 0 heterocycles. The number of carboxylic acid groups (broad SMARTS) is 1. The fourth-order valence-corrected chi connectivity index (χ4v) is 5.23. The standard InChI is InChI=1S/C36H36N2O6/c1-43-33-17-8-7-16-32(33)38(35(40)27-12-9-13-27)22-23-44-28-20-18-25(19-21-28)24-31(36(41)42)37-30-15-6-5-14-29(30)34(39)26-10-3-2-4-11-26/h2-8,10-11,14-21,27,31,37H,9,12-13,22-24H2,1H3,(H,41,42)/t31-/m0/s1. The van der Waals surface area contributed by atoms with Crippen molar-refractivity contribution in [3.05, 3.63) is 120 Å². The number of methoxy groups -OCH3 is 1. The molecule has 226 valence electrons. The third kappa shape index (κ3) is 7.26. The Morgan fingerprint density at radius 1 is 0.886 bits per heavy atom. The number of ketones is 1. The topological polar surface area (TPSA) is 105 Å². The van der Waals surface area contributed by atoms with Gasteiger partial charge in [-0.25, -0.2) is 4.79 Å². The summed E-state index contributed by atoms with van der Waals surface area (Å²) >= 11 is 0. The van der Waals surface area contributed by atoms with Crippen LogP contribution in [0.3, 0.4) is 0 Å². The lowest BCUT2D eigenvalue weighted by Crippen LogP contribution is -2.41. The molecule has 5 rings (SSSR count). The van der Waals surface area contributed by atoms with E-state index in [1.54, 1.807) is 72.7 Å². The zero-order valence-electron chi connectivity index (χ0n) is 24.6. The first-order valence-electron chi connectivity index (χ1n) is 14.8. The SMILES string of the molecule is COc1ccccc1N(CCOc1ccc(C[C@H](Nc2ccccc2C(=O)c2ccccc2)C(=O)O)cc1)C(=O)C1CCC1. The van der Waals surface area contributed by atoms with Gasteiger partial charge >= 0.3 is 5.97 Å². The summed E-state index contributed by atoms with van der Waals surface area (Å²) in [7, 11) is 1.59. The summed E-state index contributed by atoms with van der Waals surface area (Å²) in [6.07, 6.45) is 3.05. The van der Waals surface area contributed by atoms with Crippen LogP contribution in [0.25, 0.3) is 0 Å². The number of carboxylic acids is 1. The molecule has 8 nitrogen and oxygen atoms in total. The molecule has 1 saturated carbocycles. The maximum absolute atomic E-state index is 13.2. The van der Waals surface area contributed by atoms with Gasteiger partial charge in [0.1, 0.15) is 24.1 Å². The fourth-order valence-electron chi connectivity index (χ4n) is 5.23. The Balaban J connectivity index is 1.22. The lowest BCUT2D eigenvalue weighted by atomic mass is 9.84. The zero-order valence-corrected chi connectivity index (χ0v) is 24.6. The summed E-state index contributed by atoms with van der Waals surface area (Å²) in [6, 6.07) is 29.6. The number of nitrogens with one attached hydrogen (secondary N) is 1. The van der Waals surface area contributed by atoms with Crippen LogP contribution in [0.15, 0.2) is 103 Å². The van der Waals surface area contributed by atoms with E-state index in [0.717, 1.165) is 30.5 Å². The van der Waals surface area contributed by atoms with Crippen molar-refractivity contribution < 1.29 is 29.0 Å². The van der Waals surface area contributed by atoms with E-state index in [4.69, 9.17) is 9.47 Å². The molecule has 4 aromatic carbocycles. The number of ether oxygens (including phenoxy) is 2. The monoisotopic (exact) mass is 592 g/mol. The zero-order chi connectivity index (χ0) is 30.9. The van der Waals surface area contributed by atoms with Crippen LogP contribution in [0.2, 0.25) is 0 Å². The highest BCUT2D eigenvalue weighted by atomic mass is 16.5. The van der Waals surface area contributed by atoms with E-state index in [0.29, 0.717) is 34.9 Å². The highest BCUT2D eigenvalue weighted by Gasteiger charge is 2.31. The lowest BCUT2D eigenvalue weighted by Gasteiger charge is -2.32. The Bertz CT molecular complexity index is 1580. The van der Waals surface area contributed by atoms with Crippen molar-refractivity contribution in [1.82, 2.24) is 0 Å². The molecule has 1 fully saturated rings. The Kier molecular flexibility index (Phi) is 9.92. The Morgan fingerprint density at radius 2 is 1.57 bits per heavy atom. The average Bonchev–Trinajstić information content (AvgIpc) is 3.03. The third-order valence-corrected chi connectivity index (χ3v) is 7.88. The normalized spacial score (nSPS) is 13.3.